The minimum Gasteiger partial charge on any atom is -0.370 e. The first-order chi connectivity index (χ1) is 17.7. The third kappa shape index (κ3) is 4.21. The summed E-state index contributed by atoms with van der Waals surface area (Å²) in [6.45, 7) is 0.989. The fourth-order valence-corrected chi connectivity index (χ4v) is 4.62. The van der Waals surface area contributed by atoms with Crippen LogP contribution < -0.4 is 10.5 Å². The zero-order valence-corrected chi connectivity index (χ0v) is 19.4. The number of pyridine rings is 1. The molecule has 190 valence electrons. The van der Waals surface area contributed by atoms with E-state index in [0.29, 0.717) is 28.6 Å². The Morgan fingerprint density at radius 2 is 1.95 bits per heavy atom. The van der Waals surface area contributed by atoms with Crippen molar-refractivity contribution >= 4 is 11.5 Å². The topological polar surface area (TPSA) is 81.9 Å². The lowest BCUT2D eigenvalue weighted by Crippen LogP contribution is -2.48. The van der Waals surface area contributed by atoms with Gasteiger partial charge in [0, 0.05) is 23.5 Å². The predicted molar refractivity (Wildman–Crippen MR) is 123 cm³/mol. The summed E-state index contributed by atoms with van der Waals surface area (Å²) in [5.41, 5.74) is 1.13. The van der Waals surface area contributed by atoms with E-state index in [4.69, 9.17) is 9.47 Å². The van der Waals surface area contributed by atoms with Crippen molar-refractivity contribution in [2.45, 2.75) is 32.4 Å². The Hall–Kier alpha value is -3.90. The maximum Gasteiger partial charge on any atom is 0.373 e. The van der Waals surface area contributed by atoms with Crippen LogP contribution in [0.5, 0.6) is 0 Å². The van der Waals surface area contributed by atoms with Crippen molar-refractivity contribution in [2.24, 2.45) is 0 Å². The first kappa shape index (κ1) is 23.5. The second-order valence-electron chi connectivity index (χ2n) is 8.96. The first-order valence-corrected chi connectivity index (χ1v) is 11.4. The number of halogens is 4. The first-order valence-electron chi connectivity index (χ1n) is 11.4. The average Bonchev–Trinajstić information content (AvgIpc) is 3.32. The van der Waals surface area contributed by atoms with Crippen LogP contribution >= 0.6 is 0 Å². The number of rotatable bonds is 3. The zero-order valence-electron chi connectivity index (χ0n) is 19.4. The third-order valence-electron chi connectivity index (χ3n) is 6.34. The Bertz CT molecular complexity index is 1610. The molecule has 0 saturated carbocycles. The summed E-state index contributed by atoms with van der Waals surface area (Å²) in [4.78, 5) is 27.6. The number of fused-ring (bicyclic) bond motifs is 2. The average molecular weight is 513 g/mol. The highest BCUT2D eigenvalue weighted by atomic mass is 19.3. The number of alkyl halides is 2. The van der Waals surface area contributed by atoms with E-state index in [9.17, 15) is 22.4 Å². The number of hydrogen-bond donors (Lipinski definition) is 0. The van der Waals surface area contributed by atoms with Gasteiger partial charge in [0.15, 0.2) is 5.65 Å². The van der Waals surface area contributed by atoms with Gasteiger partial charge in [-0.2, -0.15) is 8.78 Å². The maximum atomic E-state index is 14.9. The van der Waals surface area contributed by atoms with Crippen molar-refractivity contribution in [3.8, 4) is 11.3 Å². The van der Waals surface area contributed by atoms with E-state index in [0.717, 1.165) is 10.5 Å². The molecular formula is C25H19F4N5O3. The van der Waals surface area contributed by atoms with Crippen molar-refractivity contribution in [3.05, 3.63) is 87.2 Å². The normalized spacial score (nSPS) is 18.8. The van der Waals surface area contributed by atoms with Crippen LogP contribution in [-0.4, -0.2) is 38.6 Å². The number of benzene rings is 1. The van der Waals surface area contributed by atoms with E-state index >= 15 is 0 Å². The fraction of sp³-hybridized carbons (Fsp3) is 0.280. The number of nitrogens with zero attached hydrogens (tertiary/aromatic N) is 5. The van der Waals surface area contributed by atoms with Gasteiger partial charge in [-0.3, -0.25) is 14.2 Å². The minimum absolute atomic E-state index is 0.00448. The van der Waals surface area contributed by atoms with Gasteiger partial charge in [-0.15, -0.1) is 0 Å². The predicted octanol–water partition coefficient (Wildman–Crippen LogP) is 3.94. The SMILES string of the molecule is Cc1cc([C@H]2CN(c3cn4c(=O)c5c(nc4c(-c4ccc(F)cc4F)n3)COC5)CC(F)(F)O2)ccn1. The molecule has 0 N–H and O–H groups in total. The Kier molecular flexibility index (Phi) is 5.46. The standard InChI is InChI=1S/C25H19F4N5O3/c1-13-6-14(4-5-30-13)20-8-33(12-25(28,29)37-20)21-9-34-23(31-19-11-36-10-17(19)24(34)35)22(32-21)16-3-2-15(26)7-18(16)27/h2-7,9,20H,8,10-12H2,1H3/t20-/m1/s1. The number of ether oxygens (including phenoxy) is 2. The van der Waals surface area contributed by atoms with Gasteiger partial charge in [0.2, 0.25) is 0 Å². The highest BCUT2D eigenvalue weighted by Crippen LogP contribution is 2.36. The van der Waals surface area contributed by atoms with E-state index in [-0.39, 0.29) is 42.5 Å². The smallest absolute Gasteiger partial charge is 0.370 e. The van der Waals surface area contributed by atoms with Crippen LogP contribution in [0.3, 0.4) is 0 Å². The maximum absolute atomic E-state index is 14.9. The molecule has 2 aliphatic rings. The summed E-state index contributed by atoms with van der Waals surface area (Å²) in [7, 11) is 0. The molecule has 3 aromatic heterocycles. The largest absolute Gasteiger partial charge is 0.373 e. The Morgan fingerprint density at radius 1 is 1.11 bits per heavy atom. The lowest BCUT2D eigenvalue weighted by atomic mass is 10.1. The lowest BCUT2D eigenvalue weighted by Gasteiger charge is -2.38. The Balaban J connectivity index is 1.54. The van der Waals surface area contributed by atoms with Crippen LogP contribution in [0.1, 0.15) is 28.6 Å². The van der Waals surface area contributed by atoms with Crippen molar-refractivity contribution in [3.63, 3.8) is 0 Å². The van der Waals surface area contributed by atoms with Crippen molar-refractivity contribution in [2.75, 3.05) is 18.0 Å². The lowest BCUT2D eigenvalue weighted by molar-refractivity contribution is -0.269. The van der Waals surface area contributed by atoms with Crippen LogP contribution in [0.25, 0.3) is 16.9 Å². The minimum atomic E-state index is -3.55. The molecule has 0 amide bonds. The molecule has 1 saturated heterocycles. The van der Waals surface area contributed by atoms with Gasteiger partial charge < -0.3 is 14.4 Å². The van der Waals surface area contributed by atoms with Gasteiger partial charge in [-0.25, -0.2) is 18.7 Å². The fourth-order valence-electron chi connectivity index (χ4n) is 4.62. The Labute approximate surface area is 207 Å². The molecule has 1 fully saturated rings. The summed E-state index contributed by atoms with van der Waals surface area (Å²) in [6.07, 6.45) is -1.78. The van der Waals surface area contributed by atoms with Crippen molar-refractivity contribution in [1.82, 2.24) is 19.4 Å². The number of morpholine rings is 1. The number of anilines is 1. The molecule has 1 aromatic carbocycles. The molecule has 0 radical (unpaired) electrons. The van der Waals surface area contributed by atoms with Crippen molar-refractivity contribution in [1.29, 1.82) is 0 Å². The second kappa shape index (κ2) is 8.60. The zero-order chi connectivity index (χ0) is 25.9. The highest BCUT2D eigenvalue weighted by molar-refractivity contribution is 5.76. The van der Waals surface area contributed by atoms with E-state index in [2.05, 4.69) is 15.0 Å². The van der Waals surface area contributed by atoms with Gasteiger partial charge >= 0.3 is 6.11 Å². The van der Waals surface area contributed by atoms with E-state index in [1.807, 2.05) is 0 Å². The molecule has 0 spiro atoms. The Morgan fingerprint density at radius 3 is 2.73 bits per heavy atom. The highest BCUT2D eigenvalue weighted by Gasteiger charge is 2.43. The summed E-state index contributed by atoms with van der Waals surface area (Å²) in [5.74, 6) is -1.76. The number of hydrogen-bond acceptors (Lipinski definition) is 7. The molecule has 37 heavy (non-hydrogen) atoms. The second-order valence-corrected chi connectivity index (χ2v) is 8.96. The summed E-state index contributed by atoms with van der Waals surface area (Å²) in [5, 5.41) is 0. The van der Waals surface area contributed by atoms with Crippen LogP contribution in [0.2, 0.25) is 0 Å². The van der Waals surface area contributed by atoms with Gasteiger partial charge in [-0.1, -0.05) is 0 Å². The van der Waals surface area contributed by atoms with E-state index in [1.54, 1.807) is 19.1 Å². The molecule has 4 aromatic rings. The molecule has 6 rings (SSSR count). The quantitative estimate of drug-likeness (QED) is 0.384. The summed E-state index contributed by atoms with van der Waals surface area (Å²) in [6, 6.07) is 6.13. The molecule has 0 bridgehead atoms. The van der Waals surface area contributed by atoms with Gasteiger partial charge in [0.05, 0.1) is 37.2 Å². The third-order valence-corrected chi connectivity index (χ3v) is 6.34. The van der Waals surface area contributed by atoms with Crippen LogP contribution in [0.4, 0.5) is 23.4 Å². The van der Waals surface area contributed by atoms with Crippen molar-refractivity contribution < 1.29 is 27.0 Å². The number of aromatic nitrogens is 4. The van der Waals surface area contributed by atoms with Gasteiger partial charge in [0.25, 0.3) is 5.56 Å². The molecule has 12 heteroatoms. The van der Waals surface area contributed by atoms with E-state index in [1.165, 1.54) is 23.4 Å². The molecule has 0 unspecified atom stereocenters. The van der Waals surface area contributed by atoms with Crippen LogP contribution in [-0.2, 0) is 22.7 Å². The van der Waals surface area contributed by atoms with Crippen LogP contribution in [0, 0.1) is 18.6 Å². The monoisotopic (exact) mass is 513 g/mol. The molecular weight excluding hydrogens is 494 g/mol. The molecule has 0 aliphatic carbocycles. The van der Waals surface area contributed by atoms with E-state index < -0.39 is 36.0 Å². The number of aryl methyl sites for hydroxylation is 1. The van der Waals surface area contributed by atoms with Crippen LogP contribution in [0.15, 0.2) is 47.5 Å². The van der Waals surface area contributed by atoms with Gasteiger partial charge in [-0.05, 0) is 36.8 Å². The molecule has 1 atom stereocenters. The summed E-state index contributed by atoms with van der Waals surface area (Å²) >= 11 is 0. The van der Waals surface area contributed by atoms with Gasteiger partial charge in [0.1, 0.15) is 35.8 Å². The molecule has 2 aliphatic heterocycles. The summed E-state index contributed by atoms with van der Waals surface area (Å²) < 4.78 is 69.6. The molecule has 8 nitrogen and oxygen atoms in total. The molecule has 5 heterocycles.